The molecule has 1 aliphatic heterocycles. The Labute approximate surface area is 187 Å². The van der Waals surface area contributed by atoms with Crippen molar-refractivity contribution in [3.8, 4) is 0 Å². The molecule has 10 heteroatoms. The zero-order valence-electron chi connectivity index (χ0n) is 17.9. The van der Waals surface area contributed by atoms with Crippen LogP contribution in [0.15, 0.2) is 65.9 Å². The summed E-state index contributed by atoms with van der Waals surface area (Å²) in [5.74, 6) is 0.138. The Morgan fingerprint density at radius 1 is 1.28 bits per heavy atom. The molecule has 1 amide bonds. The highest BCUT2D eigenvalue weighted by Crippen LogP contribution is 2.26. The Balaban J connectivity index is 1.81. The molecule has 1 aromatic heterocycles. The van der Waals surface area contributed by atoms with Gasteiger partial charge in [-0.2, -0.15) is 0 Å². The number of aromatic nitrogens is 2. The Morgan fingerprint density at radius 2 is 2.03 bits per heavy atom. The van der Waals surface area contributed by atoms with Gasteiger partial charge in [0.25, 0.3) is 0 Å². The predicted octanol–water partition coefficient (Wildman–Crippen LogP) is 2.29. The van der Waals surface area contributed by atoms with Gasteiger partial charge in [0.1, 0.15) is 0 Å². The summed E-state index contributed by atoms with van der Waals surface area (Å²) in [6.07, 6.45) is 7.16. The smallest absolute Gasteiger partial charge is 0.240 e. The van der Waals surface area contributed by atoms with Crippen LogP contribution < -0.4 is 15.4 Å². The number of benzene rings is 1. The van der Waals surface area contributed by atoms with Crippen molar-refractivity contribution in [1.82, 2.24) is 20.0 Å². The molecule has 3 rings (SSSR count). The fraction of sp³-hybridized carbons (Fsp3) is 0.227. The molecule has 0 unspecified atom stereocenters. The van der Waals surface area contributed by atoms with E-state index in [0.29, 0.717) is 34.2 Å². The molecule has 0 aliphatic carbocycles. The van der Waals surface area contributed by atoms with Crippen LogP contribution in [0.4, 0.5) is 11.6 Å². The standard InChI is InChI=1S/C22H25N5O4S/c1-4-5-6-19-15(2)21-16(13-20(28)26-19)14-23-22(27-21)25-17-7-9-18(10-8-17)32(29,30)24-11-12-31-3/h4-10,14,24H,2,11-13H2,1,3H3,(H,26,28)(H,23,25,27)/b5-4-,19-6+. The molecule has 3 N–H and O–H groups in total. The number of hydrogen-bond donors (Lipinski definition) is 3. The van der Waals surface area contributed by atoms with E-state index in [0.717, 1.165) is 0 Å². The number of rotatable bonds is 8. The minimum atomic E-state index is -3.62. The lowest BCUT2D eigenvalue weighted by Gasteiger charge is -2.11. The third-order valence-corrected chi connectivity index (χ3v) is 6.05. The summed E-state index contributed by atoms with van der Waals surface area (Å²) in [7, 11) is -2.11. The lowest BCUT2D eigenvalue weighted by molar-refractivity contribution is -0.119. The Hall–Kier alpha value is -3.34. The monoisotopic (exact) mass is 455 g/mol. The van der Waals surface area contributed by atoms with Crippen molar-refractivity contribution in [2.24, 2.45) is 0 Å². The maximum absolute atomic E-state index is 12.3. The van der Waals surface area contributed by atoms with Crippen molar-refractivity contribution >= 4 is 33.1 Å². The van der Waals surface area contributed by atoms with Crippen molar-refractivity contribution in [2.75, 3.05) is 25.6 Å². The van der Waals surface area contributed by atoms with Crippen molar-refractivity contribution in [3.05, 3.63) is 72.2 Å². The molecule has 0 atom stereocenters. The second-order valence-corrected chi connectivity index (χ2v) is 8.68. The van der Waals surface area contributed by atoms with Crippen LogP contribution in [0.1, 0.15) is 18.2 Å². The van der Waals surface area contributed by atoms with E-state index < -0.39 is 10.0 Å². The molecule has 0 bridgehead atoms. The largest absolute Gasteiger partial charge is 0.383 e. The van der Waals surface area contributed by atoms with Gasteiger partial charge in [0.2, 0.25) is 21.9 Å². The fourth-order valence-corrected chi connectivity index (χ4v) is 3.98. The molecule has 2 heterocycles. The lowest BCUT2D eigenvalue weighted by atomic mass is 10.1. The minimum Gasteiger partial charge on any atom is -0.383 e. The first-order valence-electron chi connectivity index (χ1n) is 9.88. The summed E-state index contributed by atoms with van der Waals surface area (Å²) < 4.78 is 31.9. The number of fused-ring (bicyclic) bond motifs is 1. The van der Waals surface area contributed by atoms with Gasteiger partial charge in [-0.05, 0) is 37.3 Å². The highest BCUT2D eigenvalue weighted by molar-refractivity contribution is 7.89. The van der Waals surface area contributed by atoms with Crippen LogP contribution in [0, 0.1) is 0 Å². The first-order chi connectivity index (χ1) is 15.3. The molecule has 168 valence electrons. The van der Waals surface area contributed by atoms with Gasteiger partial charge in [-0.3, -0.25) is 4.79 Å². The first-order valence-corrected chi connectivity index (χ1v) is 11.4. The zero-order valence-corrected chi connectivity index (χ0v) is 18.7. The minimum absolute atomic E-state index is 0.138. The van der Waals surface area contributed by atoms with Gasteiger partial charge in [-0.1, -0.05) is 18.7 Å². The quantitative estimate of drug-likeness (QED) is 0.522. The van der Waals surface area contributed by atoms with E-state index >= 15 is 0 Å². The van der Waals surface area contributed by atoms with E-state index in [1.807, 2.05) is 19.1 Å². The van der Waals surface area contributed by atoms with E-state index in [1.54, 1.807) is 24.4 Å². The molecule has 32 heavy (non-hydrogen) atoms. The second kappa shape index (κ2) is 10.3. The van der Waals surface area contributed by atoms with Gasteiger partial charge < -0.3 is 15.4 Å². The van der Waals surface area contributed by atoms with Crippen LogP contribution in [-0.4, -0.2) is 44.6 Å². The summed E-state index contributed by atoms with van der Waals surface area (Å²) in [5, 5.41) is 5.89. The third kappa shape index (κ3) is 5.67. The maximum Gasteiger partial charge on any atom is 0.240 e. The number of amides is 1. The first kappa shape index (κ1) is 23.3. The summed E-state index contributed by atoms with van der Waals surface area (Å²) >= 11 is 0. The second-order valence-electron chi connectivity index (χ2n) is 6.92. The van der Waals surface area contributed by atoms with Gasteiger partial charge in [-0.15, -0.1) is 0 Å². The fourth-order valence-electron chi connectivity index (χ4n) is 2.97. The Bertz CT molecular complexity index is 1170. The summed E-state index contributed by atoms with van der Waals surface area (Å²) in [6, 6.07) is 6.22. The van der Waals surface area contributed by atoms with Gasteiger partial charge in [0, 0.05) is 42.4 Å². The number of carbonyl (C=O) groups is 1. The average molecular weight is 456 g/mol. The normalized spacial score (nSPS) is 15.5. The number of anilines is 2. The maximum atomic E-state index is 12.3. The molecule has 1 aromatic carbocycles. The number of nitrogens with one attached hydrogen (secondary N) is 3. The van der Waals surface area contributed by atoms with Crippen molar-refractivity contribution in [1.29, 1.82) is 0 Å². The van der Waals surface area contributed by atoms with E-state index in [1.165, 1.54) is 19.2 Å². The molecule has 9 nitrogen and oxygen atoms in total. The molecule has 0 saturated heterocycles. The van der Waals surface area contributed by atoms with Crippen LogP contribution >= 0.6 is 0 Å². The molecule has 0 radical (unpaired) electrons. The van der Waals surface area contributed by atoms with Gasteiger partial charge in [0.15, 0.2) is 0 Å². The topological polar surface area (TPSA) is 122 Å². The molecule has 0 spiro atoms. The van der Waals surface area contributed by atoms with E-state index in [4.69, 9.17) is 4.74 Å². The molecule has 0 saturated carbocycles. The number of nitrogens with zero attached hydrogens (tertiary/aromatic N) is 2. The van der Waals surface area contributed by atoms with E-state index in [9.17, 15) is 13.2 Å². The predicted molar refractivity (Wildman–Crippen MR) is 123 cm³/mol. The number of methoxy groups -OCH3 is 1. The third-order valence-electron chi connectivity index (χ3n) is 4.57. The number of hydrogen-bond acceptors (Lipinski definition) is 7. The zero-order chi connectivity index (χ0) is 23.1. The average Bonchev–Trinajstić information content (AvgIpc) is 2.88. The Morgan fingerprint density at radius 3 is 2.72 bits per heavy atom. The van der Waals surface area contributed by atoms with Crippen LogP contribution in [0.25, 0.3) is 5.57 Å². The highest BCUT2D eigenvalue weighted by Gasteiger charge is 2.22. The number of ether oxygens (including phenoxy) is 1. The van der Waals surface area contributed by atoms with E-state index in [-0.39, 0.29) is 30.4 Å². The van der Waals surface area contributed by atoms with Gasteiger partial charge in [-0.25, -0.2) is 23.1 Å². The number of sulfonamides is 1. The Kier molecular flexibility index (Phi) is 7.52. The summed E-state index contributed by atoms with van der Waals surface area (Å²) in [6.45, 7) is 6.43. The lowest BCUT2D eigenvalue weighted by Crippen LogP contribution is -2.27. The van der Waals surface area contributed by atoms with Crippen molar-refractivity contribution in [3.63, 3.8) is 0 Å². The number of allylic oxidation sites excluding steroid dienone is 4. The summed E-state index contributed by atoms with van der Waals surface area (Å²) in [5.41, 5.74) is 3.01. The highest BCUT2D eigenvalue weighted by atomic mass is 32.2. The summed E-state index contributed by atoms with van der Waals surface area (Å²) in [4.78, 5) is 21.1. The SMILES string of the molecule is C=C1/C(=C\C=C/C)NC(=O)Cc2cnc(Nc3ccc(S(=O)(=O)NCCOC)cc3)nc21. The molecular formula is C22H25N5O4S. The molecule has 2 aromatic rings. The molecular weight excluding hydrogens is 430 g/mol. The van der Waals surface area contributed by atoms with Crippen molar-refractivity contribution < 1.29 is 17.9 Å². The van der Waals surface area contributed by atoms with Crippen molar-refractivity contribution in [2.45, 2.75) is 18.2 Å². The van der Waals surface area contributed by atoms with Crippen LogP contribution in [0.3, 0.4) is 0 Å². The van der Waals surface area contributed by atoms with Gasteiger partial charge >= 0.3 is 0 Å². The molecule has 1 aliphatic rings. The van der Waals surface area contributed by atoms with Crippen LogP contribution in [-0.2, 0) is 26.0 Å². The van der Waals surface area contributed by atoms with Crippen LogP contribution in [0.2, 0.25) is 0 Å². The number of carbonyl (C=O) groups excluding carboxylic acids is 1. The molecule has 0 fully saturated rings. The van der Waals surface area contributed by atoms with E-state index in [2.05, 4.69) is 31.9 Å². The van der Waals surface area contributed by atoms with Gasteiger partial charge in [0.05, 0.1) is 23.6 Å². The van der Waals surface area contributed by atoms with Crippen LogP contribution in [0.5, 0.6) is 0 Å².